The van der Waals surface area contributed by atoms with Gasteiger partial charge in [-0.25, -0.2) is 0 Å². The summed E-state index contributed by atoms with van der Waals surface area (Å²) >= 11 is 6.81. The molecule has 6 nitrogen and oxygen atoms in total. The van der Waals surface area contributed by atoms with Crippen LogP contribution in [0, 0.1) is 0 Å². The molecule has 8 heteroatoms. The molecule has 4 rings (SSSR count). The SMILES string of the molecule is O=C1C(=O)N(CCN2CCOCC2)C(c2ccc(Br)cc2)/C1=C(/O)c1ccc(Br)cc1. The number of benzene rings is 2. The third kappa shape index (κ3) is 4.77. The van der Waals surface area contributed by atoms with Gasteiger partial charge in [0.2, 0.25) is 0 Å². The van der Waals surface area contributed by atoms with Gasteiger partial charge in [-0.2, -0.15) is 0 Å². The Balaban J connectivity index is 1.72. The maximum absolute atomic E-state index is 13.0. The van der Waals surface area contributed by atoms with Crippen molar-refractivity contribution in [3.05, 3.63) is 74.2 Å². The molecule has 31 heavy (non-hydrogen) atoms. The lowest BCUT2D eigenvalue weighted by Gasteiger charge is -2.31. The summed E-state index contributed by atoms with van der Waals surface area (Å²) in [6.45, 7) is 3.96. The van der Waals surface area contributed by atoms with E-state index in [1.165, 1.54) is 0 Å². The molecule has 2 aromatic rings. The number of amides is 1. The van der Waals surface area contributed by atoms with Crippen LogP contribution in [0.3, 0.4) is 0 Å². The minimum atomic E-state index is -0.657. The summed E-state index contributed by atoms with van der Waals surface area (Å²) in [5, 5.41) is 11.0. The predicted octanol–water partition coefficient (Wildman–Crippen LogP) is 3.97. The zero-order chi connectivity index (χ0) is 22.0. The maximum atomic E-state index is 13.0. The monoisotopic (exact) mass is 548 g/mol. The molecule has 1 atom stereocenters. The van der Waals surface area contributed by atoms with Gasteiger partial charge < -0.3 is 14.7 Å². The molecular formula is C23H22Br2N2O4. The van der Waals surface area contributed by atoms with E-state index >= 15 is 0 Å². The van der Waals surface area contributed by atoms with Crippen molar-refractivity contribution < 1.29 is 19.4 Å². The molecule has 0 aliphatic carbocycles. The number of rotatable bonds is 5. The number of carbonyl (C=O) groups excluding carboxylic acids is 2. The van der Waals surface area contributed by atoms with Crippen LogP contribution in [-0.2, 0) is 14.3 Å². The summed E-state index contributed by atoms with van der Waals surface area (Å²) in [6.07, 6.45) is 0. The number of ether oxygens (including phenoxy) is 1. The fourth-order valence-corrected chi connectivity index (χ4v) is 4.47. The van der Waals surface area contributed by atoms with Crippen LogP contribution in [-0.4, -0.2) is 66.0 Å². The van der Waals surface area contributed by atoms with E-state index in [1.54, 1.807) is 29.2 Å². The summed E-state index contributed by atoms with van der Waals surface area (Å²) in [4.78, 5) is 29.8. The van der Waals surface area contributed by atoms with Gasteiger partial charge in [0, 0.05) is 40.7 Å². The molecule has 1 N–H and O–H groups in total. The molecule has 0 spiro atoms. The second kappa shape index (κ2) is 9.65. The van der Waals surface area contributed by atoms with Crippen LogP contribution in [0.5, 0.6) is 0 Å². The van der Waals surface area contributed by atoms with Crippen molar-refractivity contribution in [1.29, 1.82) is 0 Å². The Hall–Kier alpha value is -2.00. The zero-order valence-electron chi connectivity index (χ0n) is 16.8. The largest absolute Gasteiger partial charge is 0.507 e. The Bertz CT molecular complexity index is 999. The predicted molar refractivity (Wildman–Crippen MR) is 125 cm³/mol. The van der Waals surface area contributed by atoms with E-state index in [1.807, 2.05) is 24.3 Å². The third-order valence-electron chi connectivity index (χ3n) is 5.60. The zero-order valence-corrected chi connectivity index (χ0v) is 19.9. The second-order valence-corrected chi connectivity index (χ2v) is 9.34. The average Bonchev–Trinajstić information content (AvgIpc) is 3.04. The van der Waals surface area contributed by atoms with Crippen LogP contribution < -0.4 is 0 Å². The Morgan fingerprint density at radius 3 is 2.13 bits per heavy atom. The van der Waals surface area contributed by atoms with Crippen molar-refractivity contribution in [3.63, 3.8) is 0 Å². The molecule has 0 bridgehead atoms. The standard InChI is InChI=1S/C23H22Br2N2O4/c24-17-5-1-15(2-6-17)20-19(21(28)16-3-7-18(25)8-4-16)22(29)23(30)27(20)10-9-26-11-13-31-14-12-26/h1-8,20,28H,9-14H2/b21-19-. The van der Waals surface area contributed by atoms with Gasteiger partial charge in [-0.05, 0) is 29.8 Å². The number of likely N-dealkylation sites (tertiary alicyclic amines) is 1. The molecule has 2 aliphatic heterocycles. The van der Waals surface area contributed by atoms with Crippen molar-refractivity contribution in [3.8, 4) is 0 Å². The van der Waals surface area contributed by atoms with E-state index < -0.39 is 17.7 Å². The Morgan fingerprint density at radius 1 is 0.935 bits per heavy atom. The number of hydrogen-bond donors (Lipinski definition) is 1. The van der Waals surface area contributed by atoms with Gasteiger partial charge in [-0.15, -0.1) is 0 Å². The molecule has 2 saturated heterocycles. The molecule has 0 saturated carbocycles. The molecule has 1 amide bonds. The molecule has 2 fully saturated rings. The maximum Gasteiger partial charge on any atom is 0.295 e. The van der Waals surface area contributed by atoms with E-state index in [4.69, 9.17) is 4.74 Å². The number of ketones is 1. The van der Waals surface area contributed by atoms with E-state index in [2.05, 4.69) is 36.8 Å². The molecule has 0 aromatic heterocycles. The van der Waals surface area contributed by atoms with Crippen molar-refractivity contribution in [1.82, 2.24) is 9.80 Å². The fourth-order valence-electron chi connectivity index (χ4n) is 3.94. The number of carbonyl (C=O) groups is 2. The van der Waals surface area contributed by atoms with Gasteiger partial charge in [0.15, 0.2) is 0 Å². The number of nitrogens with zero attached hydrogens (tertiary/aromatic N) is 2. The molecule has 2 aromatic carbocycles. The van der Waals surface area contributed by atoms with Gasteiger partial charge in [-0.3, -0.25) is 14.5 Å². The molecule has 2 heterocycles. The first-order valence-electron chi connectivity index (χ1n) is 10.1. The highest BCUT2D eigenvalue weighted by molar-refractivity contribution is 9.10. The normalized spacial score (nSPS) is 21.6. The van der Waals surface area contributed by atoms with Crippen LogP contribution in [0.1, 0.15) is 17.2 Å². The molecule has 162 valence electrons. The Labute approximate surface area is 197 Å². The van der Waals surface area contributed by atoms with Gasteiger partial charge in [0.05, 0.1) is 24.8 Å². The average molecular weight is 550 g/mol. The first kappa shape index (κ1) is 22.2. The molecule has 2 aliphatic rings. The van der Waals surface area contributed by atoms with Gasteiger partial charge in [0.25, 0.3) is 11.7 Å². The first-order chi connectivity index (χ1) is 15.0. The van der Waals surface area contributed by atoms with Crippen LogP contribution in [0.15, 0.2) is 63.0 Å². The van der Waals surface area contributed by atoms with Crippen molar-refractivity contribution >= 4 is 49.3 Å². The Morgan fingerprint density at radius 2 is 1.52 bits per heavy atom. The van der Waals surface area contributed by atoms with Crippen molar-refractivity contribution in [2.45, 2.75) is 6.04 Å². The number of Topliss-reactive ketones (excluding diaryl/α,β-unsaturated/α-hetero) is 1. The topological polar surface area (TPSA) is 70.1 Å². The highest BCUT2D eigenvalue weighted by Gasteiger charge is 2.46. The first-order valence-corrected chi connectivity index (χ1v) is 11.6. The summed E-state index contributed by atoms with van der Waals surface area (Å²) in [6, 6.07) is 13.9. The minimum absolute atomic E-state index is 0.122. The van der Waals surface area contributed by atoms with Crippen molar-refractivity contribution in [2.24, 2.45) is 0 Å². The highest BCUT2D eigenvalue weighted by Crippen LogP contribution is 2.39. The number of aliphatic hydroxyl groups excluding tert-OH is 1. The lowest BCUT2D eigenvalue weighted by Crippen LogP contribution is -2.42. The molecular weight excluding hydrogens is 528 g/mol. The van der Waals surface area contributed by atoms with Crippen LogP contribution in [0.4, 0.5) is 0 Å². The van der Waals surface area contributed by atoms with E-state index in [-0.39, 0.29) is 11.3 Å². The lowest BCUT2D eigenvalue weighted by molar-refractivity contribution is -0.140. The molecule has 0 radical (unpaired) electrons. The summed E-state index contributed by atoms with van der Waals surface area (Å²) in [5.74, 6) is -1.40. The van der Waals surface area contributed by atoms with Crippen LogP contribution in [0.2, 0.25) is 0 Å². The number of aliphatic hydroxyl groups is 1. The van der Waals surface area contributed by atoms with Gasteiger partial charge in [-0.1, -0.05) is 56.1 Å². The smallest absolute Gasteiger partial charge is 0.295 e. The Kier molecular flexibility index (Phi) is 6.91. The van der Waals surface area contributed by atoms with E-state index in [0.717, 1.165) is 27.6 Å². The summed E-state index contributed by atoms with van der Waals surface area (Å²) in [5.41, 5.74) is 1.40. The van der Waals surface area contributed by atoms with Crippen LogP contribution in [0.25, 0.3) is 5.76 Å². The number of halogens is 2. The highest BCUT2D eigenvalue weighted by atomic mass is 79.9. The van der Waals surface area contributed by atoms with E-state index in [9.17, 15) is 14.7 Å². The second-order valence-electron chi connectivity index (χ2n) is 7.50. The van der Waals surface area contributed by atoms with Crippen molar-refractivity contribution in [2.75, 3.05) is 39.4 Å². The van der Waals surface area contributed by atoms with Crippen LogP contribution >= 0.6 is 31.9 Å². The fraction of sp³-hybridized carbons (Fsp3) is 0.304. The number of hydrogen-bond acceptors (Lipinski definition) is 5. The van der Waals surface area contributed by atoms with E-state index in [0.29, 0.717) is 31.9 Å². The summed E-state index contributed by atoms with van der Waals surface area (Å²) < 4.78 is 7.15. The quantitative estimate of drug-likeness (QED) is 0.347. The minimum Gasteiger partial charge on any atom is -0.507 e. The van der Waals surface area contributed by atoms with Gasteiger partial charge in [0.1, 0.15) is 5.76 Å². The van der Waals surface area contributed by atoms with Gasteiger partial charge >= 0.3 is 0 Å². The lowest BCUT2D eigenvalue weighted by atomic mass is 9.95. The third-order valence-corrected chi connectivity index (χ3v) is 6.66. The number of morpholine rings is 1. The molecule has 1 unspecified atom stereocenters. The summed E-state index contributed by atoms with van der Waals surface area (Å²) in [7, 11) is 0.